The van der Waals surface area contributed by atoms with Crippen molar-refractivity contribution in [2.24, 2.45) is 0 Å². The second-order valence-electron chi connectivity index (χ2n) is 6.00. The average molecular weight is 360 g/mol. The lowest BCUT2D eigenvalue weighted by molar-refractivity contribution is -0.121. The van der Waals surface area contributed by atoms with Gasteiger partial charge in [-0.25, -0.2) is 0 Å². The third-order valence-electron chi connectivity index (χ3n) is 3.87. The molecule has 0 aliphatic heterocycles. The van der Waals surface area contributed by atoms with Crippen LogP contribution in [0.3, 0.4) is 0 Å². The van der Waals surface area contributed by atoms with Gasteiger partial charge in [-0.15, -0.1) is 10.2 Å². The van der Waals surface area contributed by atoms with E-state index in [1.165, 1.54) is 11.3 Å². The highest BCUT2D eigenvalue weighted by Gasteiger charge is 2.14. The number of anilines is 1. The zero-order chi connectivity index (χ0) is 18.2. The highest BCUT2D eigenvalue weighted by atomic mass is 32.1. The number of amides is 2. The highest BCUT2D eigenvalue weighted by molar-refractivity contribution is 7.13. The Labute approximate surface area is 152 Å². The molecule has 0 aliphatic rings. The van der Waals surface area contributed by atoms with E-state index in [-0.39, 0.29) is 17.9 Å². The van der Waals surface area contributed by atoms with E-state index >= 15 is 0 Å². The number of carbonyl (C=O) groups excluding carboxylic acids is 2. The molecule has 1 aromatic carbocycles. The van der Waals surface area contributed by atoms with Gasteiger partial charge in [-0.1, -0.05) is 36.5 Å². The molecule has 1 unspecified atom stereocenters. The molecule has 2 aromatic rings. The molecule has 1 aromatic heterocycles. The lowest BCUT2D eigenvalue weighted by atomic mass is 10.2. The Morgan fingerprint density at radius 3 is 2.72 bits per heavy atom. The van der Waals surface area contributed by atoms with Crippen molar-refractivity contribution in [3.8, 4) is 0 Å². The highest BCUT2D eigenvalue weighted by Crippen LogP contribution is 2.17. The minimum absolute atomic E-state index is 0.0522. The first-order valence-corrected chi connectivity index (χ1v) is 9.30. The summed E-state index contributed by atoms with van der Waals surface area (Å²) in [5.74, 6) is -0.205. The lowest BCUT2D eigenvalue weighted by Crippen LogP contribution is -2.31. The minimum atomic E-state index is -0.257. The smallest absolute Gasteiger partial charge is 0.286 e. The standard InChI is InChI=1S/C18H24N4O2S/c1-4-13(3)19-15(23)10-7-11-16-21-22-18(25-16)17(24)20-14-9-6-5-8-12(14)2/h5-6,8-9,13H,4,7,10-11H2,1-3H3,(H,19,23)(H,20,24). The normalized spacial score (nSPS) is 11.8. The van der Waals surface area contributed by atoms with Crippen LogP contribution >= 0.6 is 11.3 Å². The van der Waals surface area contributed by atoms with Gasteiger partial charge in [-0.05, 0) is 38.3 Å². The number of rotatable bonds is 8. The van der Waals surface area contributed by atoms with Gasteiger partial charge >= 0.3 is 0 Å². The molecule has 25 heavy (non-hydrogen) atoms. The van der Waals surface area contributed by atoms with Gasteiger partial charge in [0.2, 0.25) is 10.9 Å². The molecule has 6 nitrogen and oxygen atoms in total. The number of para-hydroxylation sites is 1. The molecule has 2 N–H and O–H groups in total. The van der Waals surface area contributed by atoms with Gasteiger partial charge in [0.25, 0.3) is 5.91 Å². The van der Waals surface area contributed by atoms with Crippen molar-refractivity contribution >= 4 is 28.8 Å². The van der Waals surface area contributed by atoms with Gasteiger partial charge in [-0.3, -0.25) is 9.59 Å². The number of nitrogens with zero attached hydrogens (tertiary/aromatic N) is 2. The van der Waals surface area contributed by atoms with Gasteiger partial charge < -0.3 is 10.6 Å². The third-order valence-corrected chi connectivity index (χ3v) is 4.85. The van der Waals surface area contributed by atoms with Crippen LogP contribution in [-0.2, 0) is 11.2 Å². The molecule has 1 heterocycles. The predicted octanol–water partition coefficient (Wildman–Crippen LogP) is 3.34. The molecular weight excluding hydrogens is 336 g/mol. The second-order valence-corrected chi connectivity index (χ2v) is 7.06. The van der Waals surface area contributed by atoms with E-state index in [0.717, 1.165) is 22.7 Å². The van der Waals surface area contributed by atoms with Crippen molar-refractivity contribution in [3.05, 3.63) is 39.8 Å². The van der Waals surface area contributed by atoms with E-state index in [0.29, 0.717) is 24.3 Å². The van der Waals surface area contributed by atoms with Crippen molar-refractivity contribution in [1.82, 2.24) is 15.5 Å². The quantitative estimate of drug-likeness (QED) is 0.756. The molecular formula is C18H24N4O2S. The topological polar surface area (TPSA) is 84.0 Å². The van der Waals surface area contributed by atoms with Crippen LogP contribution in [0.5, 0.6) is 0 Å². The first kappa shape index (κ1) is 19.1. The molecule has 0 saturated heterocycles. The van der Waals surface area contributed by atoms with E-state index in [9.17, 15) is 9.59 Å². The van der Waals surface area contributed by atoms with Crippen molar-refractivity contribution in [1.29, 1.82) is 0 Å². The molecule has 2 rings (SSSR count). The molecule has 0 spiro atoms. The van der Waals surface area contributed by atoms with E-state index in [4.69, 9.17) is 0 Å². The Bertz CT molecular complexity index is 729. The van der Waals surface area contributed by atoms with Crippen LogP contribution < -0.4 is 10.6 Å². The number of aromatic nitrogens is 2. The van der Waals surface area contributed by atoms with Gasteiger partial charge in [0.1, 0.15) is 5.01 Å². The molecule has 134 valence electrons. The summed E-state index contributed by atoms with van der Waals surface area (Å²) in [6, 6.07) is 7.78. The summed E-state index contributed by atoms with van der Waals surface area (Å²) in [4.78, 5) is 24.0. The van der Waals surface area contributed by atoms with E-state index < -0.39 is 0 Å². The van der Waals surface area contributed by atoms with Crippen molar-refractivity contribution in [2.45, 2.75) is 52.5 Å². The van der Waals surface area contributed by atoms with Crippen LogP contribution in [0, 0.1) is 6.92 Å². The number of nitrogens with one attached hydrogen (secondary N) is 2. The van der Waals surface area contributed by atoms with E-state index in [2.05, 4.69) is 20.8 Å². The monoisotopic (exact) mass is 360 g/mol. The van der Waals surface area contributed by atoms with E-state index in [1.54, 1.807) is 0 Å². The fourth-order valence-electron chi connectivity index (χ4n) is 2.18. The average Bonchev–Trinajstić information content (AvgIpc) is 3.05. The summed E-state index contributed by atoms with van der Waals surface area (Å²) >= 11 is 1.27. The summed E-state index contributed by atoms with van der Waals surface area (Å²) in [7, 11) is 0. The first-order valence-electron chi connectivity index (χ1n) is 8.48. The zero-order valence-corrected chi connectivity index (χ0v) is 15.7. The Kier molecular flexibility index (Phi) is 7.06. The van der Waals surface area contributed by atoms with Gasteiger partial charge in [0.05, 0.1) is 0 Å². The molecule has 0 fully saturated rings. The molecule has 0 radical (unpaired) electrons. The van der Waals surface area contributed by atoms with Crippen LogP contribution in [-0.4, -0.2) is 28.1 Å². The van der Waals surface area contributed by atoms with E-state index in [1.807, 2.05) is 45.0 Å². The molecule has 0 bridgehead atoms. The maximum absolute atomic E-state index is 12.2. The maximum atomic E-state index is 12.2. The first-order chi connectivity index (χ1) is 12.0. The summed E-state index contributed by atoms with van der Waals surface area (Å²) < 4.78 is 0. The SMILES string of the molecule is CCC(C)NC(=O)CCCc1nnc(C(=O)Nc2ccccc2C)s1. The molecule has 7 heteroatoms. The lowest BCUT2D eigenvalue weighted by Gasteiger charge is -2.10. The Morgan fingerprint density at radius 1 is 1.24 bits per heavy atom. The number of benzene rings is 1. The van der Waals surface area contributed by atoms with Crippen LogP contribution in [0.1, 0.15) is 53.5 Å². The molecule has 0 aliphatic carbocycles. The zero-order valence-electron chi connectivity index (χ0n) is 14.8. The minimum Gasteiger partial charge on any atom is -0.354 e. The van der Waals surface area contributed by atoms with Gasteiger partial charge in [-0.2, -0.15) is 0 Å². The third kappa shape index (κ3) is 5.94. The van der Waals surface area contributed by atoms with Crippen molar-refractivity contribution in [2.75, 3.05) is 5.32 Å². The molecule has 2 amide bonds. The Balaban J connectivity index is 1.82. The summed E-state index contributed by atoms with van der Waals surface area (Å²) in [6.07, 6.45) is 2.70. The fraction of sp³-hybridized carbons (Fsp3) is 0.444. The summed E-state index contributed by atoms with van der Waals surface area (Å²) in [5, 5.41) is 14.9. The van der Waals surface area contributed by atoms with Crippen molar-refractivity contribution in [3.63, 3.8) is 0 Å². The van der Waals surface area contributed by atoms with Crippen LogP contribution in [0.2, 0.25) is 0 Å². The second kappa shape index (κ2) is 9.27. The largest absolute Gasteiger partial charge is 0.354 e. The predicted molar refractivity (Wildman–Crippen MR) is 99.9 cm³/mol. The van der Waals surface area contributed by atoms with Crippen LogP contribution in [0.25, 0.3) is 0 Å². The maximum Gasteiger partial charge on any atom is 0.286 e. The van der Waals surface area contributed by atoms with Gasteiger partial charge in [0, 0.05) is 24.6 Å². The number of hydrogen-bond donors (Lipinski definition) is 2. The van der Waals surface area contributed by atoms with Gasteiger partial charge in [0.15, 0.2) is 0 Å². The van der Waals surface area contributed by atoms with Crippen molar-refractivity contribution < 1.29 is 9.59 Å². The number of hydrogen-bond acceptors (Lipinski definition) is 5. The summed E-state index contributed by atoms with van der Waals surface area (Å²) in [6.45, 7) is 5.96. The van der Waals surface area contributed by atoms with Crippen LogP contribution in [0.15, 0.2) is 24.3 Å². The Hall–Kier alpha value is -2.28. The number of aryl methyl sites for hydroxylation is 2. The summed E-state index contributed by atoms with van der Waals surface area (Å²) in [5.41, 5.74) is 1.76. The molecule has 1 atom stereocenters. The van der Waals surface area contributed by atoms with Crippen LogP contribution in [0.4, 0.5) is 5.69 Å². The fourth-order valence-corrected chi connectivity index (χ4v) is 2.96. The molecule has 0 saturated carbocycles. The Morgan fingerprint density at radius 2 is 2.00 bits per heavy atom. The number of carbonyl (C=O) groups is 2.